The molecule has 0 bridgehead atoms. The topological polar surface area (TPSA) is 69.6 Å². The molecule has 0 aromatic heterocycles. The molecule has 2 unspecified atom stereocenters. The summed E-state index contributed by atoms with van der Waals surface area (Å²) in [5.74, 6) is -0.850. The van der Waals surface area contributed by atoms with Gasteiger partial charge in [-0.3, -0.25) is 0 Å². The predicted octanol–water partition coefficient (Wildman–Crippen LogP) is 1.16. The zero-order chi connectivity index (χ0) is 12.3. The average Bonchev–Trinajstić information content (AvgIpc) is 2.22. The van der Waals surface area contributed by atoms with Gasteiger partial charge < -0.3 is 15.5 Å². The van der Waals surface area contributed by atoms with Crippen molar-refractivity contribution >= 4 is 5.97 Å². The van der Waals surface area contributed by atoms with Crippen molar-refractivity contribution in [2.24, 2.45) is 5.41 Å². The first-order valence-corrected chi connectivity index (χ1v) is 5.73. The van der Waals surface area contributed by atoms with Crippen LogP contribution >= 0.6 is 0 Å². The number of aliphatic hydroxyl groups is 1. The van der Waals surface area contributed by atoms with Crippen LogP contribution in [0.3, 0.4) is 0 Å². The number of carboxylic acids is 1. The van der Waals surface area contributed by atoms with Gasteiger partial charge >= 0.3 is 5.97 Å². The first kappa shape index (κ1) is 13.2. The Balaban J connectivity index is 2.39. The normalized spacial score (nSPS) is 28.6. The standard InChI is InChI=1S/C12H21NO3/c1-4-8(11(15)16)5-6-13-9-7-10(14)12(9,2)3/h5,9-10,13-14H,4,6-7H2,1-3H3,(H,15,16). The Labute approximate surface area is 96.4 Å². The molecule has 3 N–H and O–H groups in total. The monoisotopic (exact) mass is 227 g/mol. The molecule has 1 saturated carbocycles. The van der Waals surface area contributed by atoms with Crippen molar-refractivity contribution in [2.75, 3.05) is 6.54 Å². The molecule has 0 aliphatic heterocycles. The molecule has 1 rings (SSSR count). The van der Waals surface area contributed by atoms with Gasteiger partial charge in [0, 0.05) is 23.6 Å². The molecule has 4 nitrogen and oxygen atoms in total. The molecule has 4 heteroatoms. The van der Waals surface area contributed by atoms with Crippen LogP contribution in [-0.4, -0.2) is 34.9 Å². The maximum Gasteiger partial charge on any atom is 0.331 e. The maximum absolute atomic E-state index is 10.7. The van der Waals surface area contributed by atoms with Crippen molar-refractivity contribution in [3.8, 4) is 0 Å². The van der Waals surface area contributed by atoms with E-state index in [4.69, 9.17) is 5.11 Å². The van der Waals surface area contributed by atoms with E-state index >= 15 is 0 Å². The molecular weight excluding hydrogens is 206 g/mol. The summed E-state index contributed by atoms with van der Waals surface area (Å²) in [5.41, 5.74) is 0.328. The number of aliphatic carboxylic acids is 1. The average molecular weight is 227 g/mol. The number of hydrogen-bond acceptors (Lipinski definition) is 3. The van der Waals surface area contributed by atoms with Gasteiger partial charge in [0.05, 0.1) is 6.10 Å². The summed E-state index contributed by atoms with van der Waals surface area (Å²) in [6.45, 7) is 6.41. The van der Waals surface area contributed by atoms with E-state index in [2.05, 4.69) is 5.32 Å². The van der Waals surface area contributed by atoms with E-state index in [1.54, 1.807) is 6.08 Å². The Morgan fingerprint density at radius 2 is 2.19 bits per heavy atom. The van der Waals surface area contributed by atoms with Gasteiger partial charge in [-0.1, -0.05) is 26.8 Å². The van der Waals surface area contributed by atoms with Crippen LogP contribution in [0.4, 0.5) is 0 Å². The molecule has 0 saturated heterocycles. The number of rotatable bonds is 5. The Bertz CT molecular complexity index is 297. The summed E-state index contributed by atoms with van der Waals surface area (Å²) < 4.78 is 0. The SMILES string of the molecule is CCC(=CCNC1CC(O)C1(C)C)C(=O)O. The zero-order valence-electron chi connectivity index (χ0n) is 10.2. The lowest BCUT2D eigenvalue weighted by molar-refractivity contribution is -0.132. The lowest BCUT2D eigenvalue weighted by Gasteiger charge is -2.49. The summed E-state index contributed by atoms with van der Waals surface area (Å²) in [4.78, 5) is 10.7. The fraction of sp³-hybridized carbons (Fsp3) is 0.750. The second-order valence-electron chi connectivity index (χ2n) is 4.92. The van der Waals surface area contributed by atoms with Crippen LogP contribution < -0.4 is 5.32 Å². The number of hydrogen-bond donors (Lipinski definition) is 3. The van der Waals surface area contributed by atoms with Crippen LogP contribution in [-0.2, 0) is 4.79 Å². The summed E-state index contributed by atoms with van der Waals surface area (Å²) in [6.07, 6.45) is 2.74. The highest BCUT2D eigenvalue weighted by Crippen LogP contribution is 2.40. The van der Waals surface area contributed by atoms with E-state index in [1.807, 2.05) is 20.8 Å². The quantitative estimate of drug-likeness (QED) is 0.616. The molecule has 16 heavy (non-hydrogen) atoms. The molecular formula is C12H21NO3. The lowest BCUT2D eigenvalue weighted by Crippen LogP contribution is -2.59. The largest absolute Gasteiger partial charge is 0.478 e. The molecule has 0 spiro atoms. The highest BCUT2D eigenvalue weighted by Gasteiger charge is 2.46. The summed E-state index contributed by atoms with van der Waals surface area (Å²) in [5, 5.41) is 21.6. The molecule has 0 amide bonds. The number of carbonyl (C=O) groups is 1. The molecule has 1 aliphatic rings. The van der Waals surface area contributed by atoms with Crippen LogP contribution in [0.25, 0.3) is 0 Å². The van der Waals surface area contributed by atoms with Gasteiger partial charge in [-0.2, -0.15) is 0 Å². The lowest BCUT2D eigenvalue weighted by atomic mass is 9.64. The first-order valence-electron chi connectivity index (χ1n) is 5.73. The van der Waals surface area contributed by atoms with Gasteiger partial charge in [-0.25, -0.2) is 4.79 Å². The van der Waals surface area contributed by atoms with E-state index in [0.29, 0.717) is 18.5 Å². The third-order valence-corrected chi connectivity index (χ3v) is 3.58. The van der Waals surface area contributed by atoms with E-state index in [9.17, 15) is 9.90 Å². The Morgan fingerprint density at radius 3 is 2.56 bits per heavy atom. The highest BCUT2D eigenvalue weighted by atomic mass is 16.4. The van der Waals surface area contributed by atoms with Gasteiger partial charge in [-0.15, -0.1) is 0 Å². The molecule has 92 valence electrons. The highest BCUT2D eigenvalue weighted by molar-refractivity contribution is 5.86. The van der Waals surface area contributed by atoms with E-state index in [-0.39, 0.29) is 17.6 Å². The van der Waals surface area contributed by atoms with Gasteiger partial charge in [-0.05, 0) is 12.8 Å². The van der Waals surface area contributed by atoms with Crippen LogP contribution in [0.5, 0.6) is 0 Å². The predicted molar refractivity (Wildman–Crippen MR) is 62.2 cm³/mol. The van der Waals surface area contributed by atoms with Crippen molar-refractivity contribution in [1.29, 1.82) is 0 Å². The number of nitrogens with one attached hydrogen (secondary N) is 1. The third-order valence-electron chi connectivity index (χ3n) is 3.58. The third kappa shape index (κ3) is 2.62. The van der Waals surface area contributed by atoms with E-state index < -0.39 is 5.97 Å². The zero-order valence-corrected chi connectivity index (χ0v) is 10.2. The Kier molecular flexibility index (Phi) is 4.10. The Morgan fingerprint density at radius 1 is 1.56 bits per heavy atom. The van der Waals surface area contributed by atoms with Gasteiger partial charge in [0.2, 0.25) is 0 Å². The molecule has 0 heterocycles. The molecule has 0 aromatic rings. The second kappa shape index (κ2) is 4.97. The minimum Gasteiger partial charge on any atom is -0.478 e. The smallest absolute Gasteiger partial charge is 0.331 e. The maximum atomic E-state index is 10.7. The van der Waals surface area contributed by atoms with Crippen molar-refractivity contribution in [2.45, 2.75) is 45.8 Å². The number of carboxylic acid groups (broad SMARTS) is 1. The Hall–Kier alpha value is -0.870. The van der Waals surface area contributed by atoms with Crippen molar-refractivity contribution in [1.82, 2.24) is 5.32 Å². The first-order chi connectivity index (χ1) is 7.39. The van der Waals surface area contributed by atoms with Crippen molar-refractivity contribution < 1.29 is 15.0 Å². The van der Waals surface area contributed by atoms with Crippen LogP contribution in [0.15, 0.2) is 11.6 Å². The van der Waals surface area contributed by atoms with Crippen LogP contribution in [0.2, 0.25) is 0 Å². The van der Waals surface area contributed by atoms with E-state index in [0.717, 1.165) is 6.42 Å². The fourth-order valence-corrected chi connectivity index (χ4v) is 1.96. The van der Waals surface area contributed by atoms with Crippen LogP contribution in [0, 0.1) is 5.41 Å². The van der Waals surface area contributed by atoms with Crippen molar-refractivity contribution in [3.63, 3.8) is 0 Å². The molecule has 1 aliphatic carbocycles. The molecule has 2 atom stereocenters. The van der Waals surface area contributed by atoms with Crippen molar-refractivity contribution in [3.05, 3.63) is 11.6 Å². The number of aliphatic hydroxyl groups excluding tert-OH is 1. The summed E-state index contributed by atoms with van der Waals surface area (Å²) in [6, 6.07) is 0.269. The van der Waals surface area contributed by atoms with Gasteiger partial charge in [0.15, 0.2) is 0 Å². The second-order valence-corrected chi connectivity index (χ2v) is 4.92. The summed E-state index contributed by atoms with van der Waals surface area (Å²) >= 11 is 0. The molecule has 1 fully saturated rings. The minimum atomic E-state index is -0.850. The fourth-order valence-electron chi connectivity index (χ4n) is 1.96. The summed E-state index contributed by atoms with van der Waals surface area (Å²) in [7, 11) is 0. The molecule has 0 radical (unpaired) electrons. The molecule has 0 aromatic carbocycles. The minimum absolute atomic E-state index is 0.108. The van der Waals surface area contributed by atoms with Gasteiger partial charge in [0.25, 0.3) is 0 Å². The van der Waals surface area contributed by atoms with E-state index in [1.165, 1.54) is 0 Å². The van der Waals surface area contributed by atoms with Gasteiger partial charge in [0.1, 0.15) is 0 Å². The van der Waals surface area contributed by atoms with Crippen LogP contribution in [0.1, 0.15) is 33.6 Å².